The number of halogens is 2. The SMILES string of the molecule is CCn1c(Cl)c(C=O)s/c1=N/S(=O)(=O)c1ccc(F)cc1. The molecular weight excluding hydrogens is 339 g/mol. The van der Waals surface area contributed by atoms with Crippen molar-refractivity contribution >= 4 is 39.2 Å². The number of benzene rings is 1. The van der Waals surface area contributed by atoms with E-state index < -0.39 is 15.8 Å². The van der Waals surface area contributed by atoms with Crippen molar-refractivity contribution in [1.29, 1.82) is 0 Å². The van der Waals surface area contributed by atoms with Crippen molar-refractivity contribution in [2.75, 3.05) is 0 Å². The van der Waals surface area contributed by atoms with Gasteiger partial charge in [0.05, 0.1) is 4.90 Å². The summed E-state index contributed by atoms with van der Waals surface area (Å²) in [6.45, 7) is 2.11. The van der Waals surface area contributed by atoms with Gasteiger partial charge in [-0.25, -0.2) is 4.39 Å². The van der Waals surface area contributed by atoms with E-state index in [2.05, 4.69) is 4.40 Å². The van der Waals surface area contributed by atoms with Gasteiger partial charge in [-0.05, 0) is 31.2 Å². The molecule has 1 aromatic heterocycles. The Labute approximate surface area is 129 Å². The number of rotatable bonds is 4. The van der Waals surface area contributed by atoms with Crippen LogP contribution in [0.15, 0.2) is 33.6 Å². The molecule has 0 N–H and O–H groups in total. The van der Waals surface area contributed by atoms with Gasteiger partial charge in [0.15, 0.2) is 6.29 Å². The Morgan fingerprint density at radius 1 is 1.38 bits per heavy atom. The zero-order valence-corrected chi connectivity index (χ0v) is 13.2. The van der Waals surface area contributed by atoms with Crippen molar-refractivity contribution in [1.82, 2.24) is 4.57 Å². The number of carbonyl (C=O) groups is 1. The van der Waals surface area contributed by atoms with Gasteiger partial charge in [0.25, 0.3) is 10.0 Å². The van der Waals surface area contributed by atoms with Crippen molar-refractivity contribution in [2.45, 2.75) is 18.4 Å². The number of aromatic nitrogens is 1. The Morgan fingerprint density at radius 2 is 2.00 bits per heavy atom. The monoisotopic (exact) mass is 348 g/mol. The fraction of sp³-hybridized carbons (Fsp3) is 0.167. The Morgan fingerprint density at radius 3 is 2.52 bits per heavy atom. The van der Waals surface area contributed by atoms with Crippen molar-refractivity contribution in [3.8, 4) is 0 Å². The predicted molar refractivity (Wildman–Crippen MR) is 77.5 cm³/mol. The number of hydrogen-bond donors (Lipinski definition) is 0. The normalized spacial score (nSPS) is 12.6. The molecule has 112 valence electrons. The van der Waals surface area contributed by atoms with E-state index in [-0.39, 0.29) is 19.7 Å². The van der Waals surface area contributed by atoms with Crippen molar-refractivity contribution < 1.29 is 17.6 Å². The van der Waals surface area contributed by atoms with Crippen LogP contribution in [0, 0.1) is 5.82 Å². The van der Waals surface area contributed by atoms with Crippen LogP contribution < -0.4 is 4.80 Å². The first kappa shape index (κ1) is 15.9. The summed E-state index contributed by atoms with van der Waals surface area (Å²) >= 11 is 6.84. The zero-order chi connectivity index (χ0) is 15.6. The van der Waals surface area contributed by atoms with Gasteiger partial charge < -0.3 is 4.57 Å². The Balaban J connectivity index is 2.62. The molecule has 0 spiro atoms. The fourth-order valence-electron chi connectivity index (χ4n) is 1.59. The summed E-state index contributed by atoms with van der Waals surface area (Å²) in [6, 6.07) is 4.32. The highest BCUT2D eigenvalue weighted by atomic mass is 35.5. The summed E-state index contributed by atoms with van der Waals surface area (Å²) in [5.74, 6) is -0.542. The molecule has 21 heavy (non-hydrogen) atoms. The third-order valence-electron chi connectivity index (χ3n) is 2.61. The summed E-state index contributed by atoms with van der Waals surface area (Å²) in [5, 5.41) is 0.144. The van der Waals surface area contributed by atoms with Gasteiger partial charge in [0, 0.05) is 6.54 Å². The maximum Gasteiger partial charge on any atom is 0.285 e. The molecule has 2 rings (SSSR count). The quantitative estimate of drug-likeness (QED) is 0.797. The molecule has 0 amide bonds. The number of nitrogens with zero attached hydrogens (tertiary/aromatic N) is 2. The van der Waals surface area contributed by atoms with E-state index in [0.717, 1.165) is 35.6 Å². The molecule has 0 atom stereocenters. The van der Waals surface area contributed by atoms with Crippen molar-refractivity contribution in [2.24, 2.45) is 4.40 Å². The molecule has 0 saturated carbocycles. The lowest BCUT2D eigenvalue weighted by Crippen LogP contribution is -2.16. The third-order valence-corrected chi connectivity index (χ3v) is 5.53. The van der Waals surface area contributed by atoms with Gasteiger partial charge in [0.2, 0.25) is 4.80 Å². The number of carbonyl (C=O) groups excluding carboxylic acids is 1. The maximum atomic E-state index is 12.8. The molecular formula is C12H10ClFN2O3S2. The Bertz CT molecular complexity index is 838. The summed E-state index contributed by atoms with van der Waals surface area (Å²) in [6.07, 6.45) is 0.544. The van der Waals surface area contributed by atoms with E-state index >= 15 is 0 Å². The van der Waals surface area contributed by atoms with Crippen molar-refractivity contribution in [3.63, 3.8) is 0 Å². The van der Waals surface area contributed by atoms with Gasteiger partial charge in [-0.3, -0.25) is 4.79 Å². The molecule has 0 unspecified atom stereocenters. The van der Waals surface area contributed by atoms with E-state index in [0.29, 0.717) is 12.8 Å². The van der Waals surface area contributed by atoms with Crippen LogP contribution in [-0.2, 0) is 16.6 Å². The minimum absolute atomic E-state index is 0.0916. The van der Waals surface area contributed by atoms with Crippen LogP contribution in [0.3, 0.4) is 0 Å². The van der Waals surface area contributed by atoms with Gasteiger partial charge in [-0.2, -0.15) is 8.42 Å². The third kappa shape index (κ3) is 3.22. The van der Waals surface area contributed by atoms with Crippen LogP contribution in [0.4, 0.5) is 4.39 Å². The summed E-state index contributed by atoms with van der Waals surface area (Å²) in [5.41, 5.74) is 0. The van der Waals surface area contributed by atoms with E-state index in [4.69, 9.17) is 11.6 Å². The van der Waals surface area contributed by atoms with Crippen LogP contribution in [-0.4, -0.2) is 19.3 Å². The number of aldehydes is 1. The maximum absolute atomic E-state index is 12.8. The highest BCUT2D eigenvalue weighted by Gasteiger charge is 2.16. The molecule has 9 heteroatoms. The van der Waals surface area contributed by atoms with E-state index in [1.54, 1.807) is 6.92 Å². The summed E-state index contributed by atoms with van der Waals surface area (Å²) in [7, 11) is -4.00. The molecule has 1 aromatic carbocycles. The average molecular weight is 349 g/mol. The lowest BCUT2D eigenvalue weighted by Gasteiger charge is -2.00. The molecule has 0 aliphatic carbocycles. The largest absolute Gasteiger partial charge is 0.307 e. The van der Waals surface area contributed by atoms with Gasteiger partial charge in [-0.15, -0.1) is 4.40 Å². The first-order valence-electron chi connectivity index (χ1n) is 5.80. The Kier molecular flexibility index (Phi) is 4.60. The highest BCUT2D eigenvalue weighted by Crippen LogP contribution is 2.18. The van der Waals surface area contributed by atoms with Gasteiger partial charge >= 0.3 is 0 Å². The van der Waals surface area contributed by atoms with Gasteiger partial charge in [0.1, 0.15) is 15.8 Å². The molecule has 5 nitrogen and oxygen atoms in total. The summed E-state index contributed by atoms with van der Waals surface area (Å²) < 4.78 is 42.3. The summed E-state index contributed by atoms with van der Waals surface area (Å²) in [4.78, 5) is 11.0. The van der Waals surface area contributed by atoms with Crippen LogP contribution in [0.25, 0.3) is 0 Å². The van der Waals surface area contributed by atoms with Crippen LogP contribution in [0.1, 0.15) is 16.6 Å². The molecule has 2 aromatic rings. The highest BCUT2D eigenvalue weighted by molar-refractivity contribution is 7.90. The van der Waals surface area contributed by atoms with Crippen molar-refractivity contribution in [3.05, 3.63) is 44.9 Å². The molecule has 0 bridgehead atoms. The molecule has 1 heterocycles. The second-order valence-corrected chi connectivity index (χ2v) is 6.89. The molecule has 0 radical (unpaired) electrons. The van der Waals surface area contributed by atoms with Gasteiger partial charge in [-0.1, -0.05) is 22.9 Å². The van der Waals surface area contributed by atoms with E-state index in [1.165, 1.54) is 4.57 Å². The first-order valence-corrected chi connectivity index (χ1v) is 8.43. The smallest absolute Gasteiger partial charge is 0.285 e. The minimum atomic E-state index is -4.00. The zero-order valence-electron chi connectivity index (χ0n) is 10.8. The molecule has 0 fully saturated rings. The molecule has 0 saturated heterocycles. The standard InChI is InChI=1S/C12H10ClFN2O3S2/c1-2-16-11(13)10(7-17)20-12(16)15-21(18,19)9-5-3-8(14)4-6-9/h3-7H,2H2,1H3/b15-12+. The van der Waals surface area contributed by atoms with Crippen LogP contribution in [0.2, 0.25) is 5.15 Å². The van der Waals surface area contributed by atoms with E-state index in [1.807, 2.05) is 0 Å². The topological polar surface area (TPSA) is 68.5 Å². The lowest BCUT2D eigenvalue weighted by atomic mass is 10.4. The van der Waals surface area contributed by atoms with E-state index in [9.17, 15) is 17.6 Å². The average Bonchev–Trinajstić information content (AvgIpc) is 2.74. The minimum Gasteiger partial charge on any atom is -0.307 e. The second kappa shape index (κ2) is 6.08. The fourth-order valence-corrected chi connectivity index (χ4v) is 4.10. The Hall–Kier alpha value is -1.51. The number of sulfonamides is 1. The first-order chi connectivity index (χ1) is 9.89. The van der Waals surface area contributed by atoms with Crippen LogP contribution >= 0.6 is 22.9 Å². The lowest BCUT2D eigenvalue weighted by molar-refractivity contribution is 0.112. The predicted octanol–water partition coefficient (Wildman–Crippen LogP) is 2.46. The van der Waals surface area contributed by atoms with Crippen LogP contribution in [0.5, 0.6) is 0 Å². The second-order valence-electron chi connectivity index (χ2n) is 3.92. The number of thiazole rings is 1. The number of hydrogen-bond acceptors (Lipinski definition) is 4. The molecule has 0 aliphatic heterocycles. The molecule has 0 aliphatic rings.